The number of hydrogen-bond acceptors (Lipinski definition) is 5. The second-order valence-corrected chi connectivity index (χ2v) is 5.79. The fourth-order valence-electron chi connectivity index (χ4n) is 1.88. The third kappa shape index (κ3) is 3.45. The van der Waals surface area contributed by atoms with Crippen LogP contribution in [-0.4, -0.2) is 28.0 Å². The lowest BCUT2D eigenvalue weighted by atomic mass is 10.1. The van der Waals surface area contributed by atoms with Crippen LogP contribution in [-0.2, 0) is 0 Å². The number of anilines is 2. The molecule has 1 aliphatic carbocycles. The number of nitrogens with one attached hydrogen (secondary N) is 2. The minimum Gasteiger partial charge on any atom is -0.354 e. The SMILES string of the molecule is CCCNc1nc(Cl)nc(NCC2CC2(C)C)n1. The summed E-state index contributed by atoms with van der Waals surface area (Å²) >= 11 is 5.87. The summed E-state index contributed by atoms with van der Waals surface area (Å²) in [5, 5.41) is 6.56. The van der Waals surface area contributed by atoms with Crippen LogP contribution >= 0.6 is 11.6 Å². The van der Waals surface area contributed by atoms with Crippen molar-refractivity contribution >= 4 is 23.5 Å². The van der Waals surface area contributed by atoms with Crippen molar-refractivity contribution in [3.63, 3.8) is 0 Å². The van der Waals surface area contributed by atoms with Gasteiger partial charge >= 0.3 is 0 Å². The van der Waals surface area contributed by atoms with Crippen LogP contribution in [0.2, 0.25) is 5.28 Å². The smallest absolute Gasteiger partial charge is 0.228 e. The van der Waals surface area contributed by atoms with Crippen molar-refractivity contribution < 1.29 is 0 Å². The van der Waals surface area contributed by atoms with Gasteiger partial charge in [0.1, 0.15) is 0 Å². The first-order valence-electron chi connectivity index (χ1n) is 6.40. The van der Waals surface area contributed by atoms with Gasteiger partial charge in [0.2, 0.25) is 17.2 Å². The van der Waals surface area contributed by atoms with Crippen molar-refractivity contribution in [1.82, 2.24) is 15.0 Å². The maximum Gasteiger partial charge on any atom is 0.228 e. The van der Waals surface area contributed by atoms with E-state index in [1.54, 1.807) is 0 Å². The second kappa shape index (κ2) is 5.26. The molecule has 2 rings (SSSR count). The molecule has 1 saturated carbocycles. The highest BCUT2D eigenvalue weighted by Crippen LogP contribution is 2.51. The van der Waals surface area contributed by atoms with E-state index >= 15 is 0 Å². The zero-order chi connectivity index (χ0) is 13.2. The Bertz CT molecular complexity index is 421. The van der Waals surface area contributed by atoms with Gasteiger partial charge < -0.3 is 10.6 Å². The normalized spacial score (nSPS) is 20.6. The molecule has 1 fully saturated rings. The van der Waals surface area contributed by atoms with Crippen LogP contribution in [0.5, 0.6) is 0 Å². The third-order valence-electron chi connectivity index (χ3n) is 3.37. The molecule has 1 aliphatic rings. The molecule has 1 aromatic heterocycles. The third-order valence-corrected chi connectivity index (χ3v) is 3.53. The lowest BCUT2D eigenvalue weighted by molar-refractivity contribution is 0.572. The van der Waals surface area contributed by atoms with Crippen LogP contribution in [0.15, 0.2) is 0 Å². The summed E-state index contributed by atoms with van der Waals surface area (Å²) in [6.45, 7) is 8.35. The molecule has 0 bridgehead atoms. The number of rotatable bonds is 6. The highest BCUT2D eigenvalue weighted by atomic mass is 35.5. The van der Waals surface area contributed by atoms with E-state index in [1.807, 2.05) is 0 Å². The number of halogens is 1. The predicted molar refractivity (Wildman–Crippen MR) is 74.0 cm³/mol. The Morgan fingerprint density at radius 3 is 2.39 bits per heavy atom. The maximum absolute atomic E-state index is 5.87. The van der Waals surface area contributed by atoms with E-state index in [0.717, 1.165) is 19.5 Å². The van der Waals surface area contributed by atoms with Crippen molar-refractivity contribution in [2.75, 3.05) is 23.7 Å². The Kier molecular flexibility index (Phi) is 3.90. The Balaban J connectivity index is 1.93. The molecule has 1 unspecified atom stereocenters. The fourth-order valence-corrected chi connectivity index (χ4v) is 2.04. The van der Waals surface area contributed by atoms with Crippen LogP contribution in [0.3, 0.4) is 0 Å². The Labute approximate surface area is 113 Å². The summed E-state index contributed by atoms with van der Waals surface area (Å²) < 4.78 is 0. The summed E-state index contributed by atoms with van der Waals surface area (Å²) in [5.74, 6) is 1.78. The monoisotopic (exact) mass is 269 g/mol. The summed E-state index contributed by atoms with van der Waals surface area (Å²) in [5.41, 5.74) is 0.452. The molecule has 1 atom stereocenters. The van der Waals surface area contributed by atoms with Crippen LogP contribution < -0.4 is 10.6 Å². The van der Waals surface area contributed by atoms with Gasteiger partial charge in [0.25, 0.3) is 0 Å². The molecule has 0 spiro atoms. The van der Waals surface area contributed by atoms with Gasteiger partial charge in [-0.1, -0.05) is 20.8 Å². The number of hydrogen-bond donors (Lipinski definition) is 2. The molecule has 0 saturated heterocycles. The molecule has 18 heavy (non-hydrogen) atoms. The predicted octanol–water partition coefficient (Wildman–Crippen LogP) is 2.80. The summed E-state index contributed by atoms with van der Waals surface area (Å²) in [6, 6.07) is 0. The Morgan fingerprint density at radius 1 is 1.22 bits per heavy atom. The molecule has 5 nitrogen and oxygen atoms in total. The van der Waals surface area contributed by atoms with Gasteiger partial charge in [-0.2, -0.15) is 15.0 Å². The highest BCUT2D eigenvalue weighted by Gasteiger charge is 2.45. The van der Waals surface area contributed by atoms with Gasteiger partial charge in [-0.3, -0.25) is 0 Å². The zero-order valence-corrected chi connectivity index (χ0v) is 11.9. The number of nitrogens with zero attached hydrogens (tertiary/aromatic N) is 3. The molecule has 6 heteroatoms. The van der Waals surface area contributed by atoms with E-state index in [2.05, 4.69) is 46.4 Å². The average molecular weight is 270 g/mol. The highest BCUT2D eigenvalue weighted by molar-refractivity contribution is 6.28. The van der Waals surface area contributed by atoms with Gasteiger partial charge in [-0.15, -0.1) is 0 Å². The molecular weight excluding hydrogens is 250 g/mol. The molecule has 1 heterocycles. The van der Waals surface area contributed by atoms with Gasteiger partial charge in [-0.25, -0.2) is 0 Å². The van der Waals surface area contributed by atoms with Crippen molar-refractivity contribution in [3.8, 4) is 0 Å². The molecule has 100 valence electrons. The van der Waals surface area contributed by atoms with Gasteiger partial charge in [0.15, 0.2) is 0 Å². The van der Waals surface area contributed by atoms with E-state index < -0.39 is 0 Å². The molecular formula is C12H20ClN5. The van der Waals surface area contributed by atoms with E-state index in [1.165, 1.54) is 6.42 Å². The zero-order valence-electron chi connectivity index (χ0n) is 11.1. The summed E-state index contributed by atoms with van der Waals surface area (Å²) in [7, 11) is 0. The molecule has 1 aromatic rings. The Hall–Kier alpha value is -1.10. The standard InChI is InChI=1S/C12H20ClN5/c1-4-5-14-10-16-9(13)17-11(18-10)15-7-8-6-12(8,2)3/h8H,4-7H2,1-3H3,(H2,14,15,16,17,18). The van der Waals surface area contributed by atoms with Gasteiger partial charge in [-0.05, 0) is 35.8 Å². The van der Waals surface area contributed by atoms with E-state index in [0.29, 0.717) is 23.2 Å². The van der Waals surface area contributed by atoms with Crippen LogP contribution in [0.1, 0.15) is 33.6 Å². The topological polar surface area (TPSA) is 62.7 Å². The fraction of sp³-hybridized carbons (Fsp3) is 0.750. The molecule has 0 aliphatic heterocycles. The lowest BCUT2D eigenvalue weighted by Gasteiger charge is -2.08. The molecule has 0 aromatic carbocycles. The average Bonchev–Trinajstić information content (AvgIpc) is 2.91. The van der Waals surface area contributed by atoms with Crippen molar-refractivity contribution in [2.24, 2.45) is 11.3 Å². The minimum atomic E-state index is 0.223. The van der Waals surface area contributed by atoms with Crippen LogP contribution in [0.25, 0.3) is 0 Å². The first kappa shape index (κ1) is 13.3. The van der Waals surface area contributed by atoms with Crippen molar-refractivity contribution in [2.45, 2.75) is 33.6 Å². The lowest BCUT2D eigenvalue weighted by Crippen LogP contribution is -2.12. The van der Waals surface area contributed by atoms with Gasteiger partial charge in [0.05, 0.1) is 0 Å². The van der Waals surface area contributed by atoms with Crippen molar-refractivity contribution in [3.05, 3.63) is 5.28 Å². The van der Waals surface area contributed by atoms with Crippen LogP contribution in [0.4, 0.5) is 11.9 Å². The Morgan fingerprint density at radius 2 is 1.83 bits per heavy atom. The first-order chi connectivity index (χ1) is 8.51. The molecule has 0 amide bonds. The van der Waals surface area contributed by atoms with E-state index in [-0.39, 0.29) is 5.28 Å². The summed E-state index contributed by atoms with van der Waals surface area (Å²) in [4.78, 5) is 12.4. The maximum atomic E-state index is 5.87. The second-order valence-electron chi connectivity index (χ2n) is 5.45. The molecule has 2 N–H and O–H groups in total. The van der Waals surface area contributed by atoms with E-state index in [4.69, 9.17) is 11.6 Å². The van der Waals surface area contributed by atoms with E-state index in [9.17, 15) is 0 Å². The van der Waals surface area contributed by atoms with Gasteiger partial charge in [0, 0.05) is 13.1 Å². The molecule has 0 radical (unpaired) electrons. The summed E-state index contributed by atoms with van der Waals surface area (Å²) in [6.07, 6.45) is 2.27. The first-order valence-corrected chi connectivity index (χ1v) is 6.78. The van der Waals surface area contributed by atoms with Crippen LogP contribution in [0, 0.1) is 11.3 Å². The van der Waals surface area contributed by atoms with Crippen molar-refractivity contribution in [1.29, 1.82) is 0 Å². The largest absolute Gasteiger partial charge is 0.354 e. The quantitative estimate of drug-likeness (QED) is 0.831. The number of aromatic nitrogens is 3. The minimum absolute atomic E-state index is 0.223.